The first-order valence-electron chi connectivity index (χ1n) is 44.7. The summed E-state index contributed by atoms with van der Waals surface area (Å²) in [5.74, 6) is -0.532. The maximum Gasteiger partial charge on any atom is 0.227 e. The lowest BCUT2D eigenvalue weighted by Crippen LogP contribution is -2.31. The quantitative estimate of drug-likeness (QED) is 0.111. The minimum atomic E-state index is -2.68. The van der Waals surface area contributed by atoms with Gasteiger partial charge in [0.25, 0.3) is 0 Å². The monoisotopic (exact) mass is 1500 g/mol. The molecule has 112 heavy (non-hydrogen) atoms. The van der Waals surface area contributed by atoms with Crippen molar-refractivity contribution in [1.29, 1.82) is 0 Å². The van der Waals surface area contributed by atoms with Gasteiger partial charge < -0.3 is 17.7 Å². The molecule has 0 radical (unpaired) electrons. The number of furan rings is 4. The third-order valence-corrected chi connectivity index (χ3v) is 21.6. The van der Waals surface area contributed by atoms with Crippen LogP contribution < -0.4 is 18.3 Å². The molecule has 0 amide bonds. The van der Waals surface area contributed by atoms with Crippen LogP contribution in [0.1, 0.15) is 236 Å². The Morgan fingerprint density at radius 2 is 0.661 bits per heavy atom. The van der Waals surface area contributed by atoms with E-state index in [0.29, 0.717) is 63.5 Å². The fourth-order valence-electron chi connectivity index (χ4n) is 15.1. The van der Waals surface area contributed by atoms with Gasteiger partial charge >= 0.3 is 0 Å². The molecular formula is C100H116N8O4+4. The van der Waals surface area contributed by atoms with Crippen molar-refractivity contribution in [2.24, 2.45) is 39.5 Å². The Bertz CT molecular complexity index is 6540. The van der Waals surface area contributed by atoms with Gasteiger partial charge in [0, 0.05) is 133 Å². The van der Waals surface area contributed by atoms with Crippen LogP contribution in [0.5, 0.6) is 0 Å². The highest BCUT2D eigenvalue weighted by Gasteiger charge is 2.29. The second kappa shape index (κ2) is 31.4. The van der Waals surface area contributed by atoms with Gasteiger partial charge in [-0.3, -0.25) is 0 Å². The van der Waals surface area contributed by atoms with E-state index in [0.717, 1.165) is 127 Å². The lowest BCUT2D eigenvalue weighted by Gasteiger charge is -2.16. The fourth-order valence-corrected chi connectivity index (χ4v) is 15.1. The van der Waals surface area contributed by atoms with Crippen molar-refractivity contribution in [3.05, 3.63) is 238 Å². The molecule has 0 aliphatic carbocycles. The summed E-state index contributed by atoms with van der Waals surface area (Å²) in [5, 5.41) is 7.81. The zero-order valence-corrected chi connectivity index (χ0v) is 69.6. The van der Waals surface area contributed by atoms with Gasteiger partial charge in [-0.05, 0) is 176 Å². The molecular weight excluding hydrogens is 1380 g/mol. The number of rotatable bonds is 12. The molecule has 12 aromatic heterocycles. The molecule has 12 nitrogen and oxygen atoms in total. The second-order valence-electron chi connectivity index (χ2n) is 33.5. The normalized spacial score (nSPS) is 14.6. The summed E-state index contributed by atoms with van der Waals surface area (Å²) in [6.45, 7) is 31.1. The Kier molecular flexibility index (Phi) is 18.5. The van der Waals surface area contributed by atoms with Crippen LogP contribution in [0.2, 0.25) is 0 Å². The van der Waals surface area contributed by atoms with Crippen molar-refractivity contribution < 1.29 is 51.0 Å². The third-order valence-electron chi connectivity index (χ3n) is 21.6. The van der Waals surface area contributed by atoms with Crippen LogP contribution in [0.3, 0.4) is 0 Å². The van der Waals surface area contributed by atoms with Crippen LogP contribution >= 0.6 is 0 Å². The number of nitrogens with zero attached hydrogens (tertiary/aromatic N) is 8. The highest BCUT2D eigenvalue weighted by molar-refractivity contribution is 6.12. The summed E-state index contributed by atoms with van der Waals surface area (Å²) >= 11 is 0. The number of hydrogen-bond donors (Lipinski definition) is 0. The maximum absolute atomic E-state index is 8.27. The molecule has 1 atom stereocenters. The number of benzene rings is 4. The molecule has 1 unspecified atom stereocenters. The molecule has 16 aromatic rings. The van der Waals surface area contributed by atoms with Gasteiger partial charge in [0.05, 0.1) is 22.3 Å². The Hall–Kier alpha value is -10.7. The van der Waals surface area contributed by atoms with Crippen molar-refractivity contribution in [1.82, 2.24) is 19.9 Å². The molecule has 0 N–H and O–H groups in total. The molecule has 576 valence electrons. The minimum Gasteiger partial charge on any atom is -0.437 e. The molecule has 12 heterocycles. The Morgan fingerprint density at radius 1 is 0.357 bits per heavy atom. The van der Waals surface area contributed by atoms with Gasteiger partial charge in [0.1, 0.15) is 28.2 Å². The van der Waals surface area contributed by atoms with Crippen LogP contribution in [0.25, 0.3) is 133 Å². The van der Waals surface area contributed by atoms with Crippen molar-refractivity contribution >= 4 is 88.3 Å². The SMILES string of the molecule is Cc1ccc2c(oc3nc(C(C)(C)C)ccc32)c1-c1ccc(C(C)C)c[n+]1C.[2H]C(C)(C)c1ccc2c(n1)oc1c(-c3ccc(C(C)C)c[n+]3C)c(C)ccc12.[2H]C([2H])([2H])C(C)(Cc1ccc2c(n1)oc1c(-c3ccc(C(C)C)c[n+]3C)c(C)ccc12)C([2H])([2H])[2H].[2H]C([2H])([2H])C([2H])(C)Cc1ccc2c(n1)oc1c(-c3ccc(C(C)C)c[n+]3C)c(C)ccc12. The molecule has 0 bridgehead atoms. The third kappa shape index (κ3) is 16.1. The first-order valence-corrected chi connectivity index (χ1v) is 39.2. The topological polar surface area (TPSA) is 120 Å². The molecule has 16 rings (SSSR count). The molecule has 4 aromatic carbocycles. The largest absolute Gasteiger partial charge is 0.437 e. The first kappa shape index (κ1) is 65.9. The van der Waals surface area contributed by atoms with E-state index in [4.69, 9.17) is 37.7 Å². The highest BCUT2D eigenvalue weighted by atomic mass is 16.4. The van der Waals surface area contributed by atoms with Crippen molar-refractivity contribution in [2.75, 3.05) is 0 Å². The van der Waals surface area contributed by atoms with Crippen molar-refractivity contribution in [3.63, 3.8) is 0 Å². The van der Waals surface area contributed by atoms with E-state index in [-0.39, 0.29) is 18.3 Å². The van der Waals surface area contributed by atoms with Crippen LogP contribution in [-0.2, 0) is 46.4 Å². The van der Waals surface area contributed by atoms with E-state index in [2.05, 4.69) is 266 Å². The van der Waals surface area contributed by atoms with Crippen LogP contribution in [-0.4, -0.2) is 19.9 Å². The molecule has 0 saturated carbocycles. The highest BCUT2D eigenvalue weighted by Crippen LogP contribution is 2.43. The molecule has 12 heteroatoms. The van der Waals surface area contributed by atoms with Gasteiger partial charge in [-0.2, -0.15) is 0 Å². The first-order chi connectivity index (χ1) is 57.4. The Labute approximate surface area is 678 Å². The van der Waals surface area contributed by atoms with E-state index in [9.17, 15) is 0 Å². The van der Waals surface area contributed by atoms with Gasteiger partial charge in [-0.25, -0.2) is 38.2 Å². The van der Waals surface area contributed by atoms with E-state index in [1.54, 1.807) is 12.1 Å². The van der Waals surface area contributed by atoms with Gasteiger partial charge in [-0.15, -0.1) is 0 Å². The predicted molar refractivity (Wildman–Crippen MR) is 462 cm³/mol. The summed E-state index contributed by atoms with van der Waals surface area (Å²) in [5.41, 5.74) is 24.4. The average Bonchev–Trinajstić information content (AvgIpc) is 1.19. The summed E-state index contributed by atoms with van der Waals surface area (Å²) in [4.78, 5) is 18.6. The lowest BCUT2D eigenvalue weighted by molar-refractivity contribution is -0.661. The van der Waals surface area contributed by atoms with E-state index in [1.165, 1.54) is 47.2 Å². The van der Waals surface area contributed by atoms with Gasteiger partial charge in [0.2, 0.25) is 45.6 Å². The Morgan fingerprint density at radius 3 is 0.973 bits per heavy atom. The average molecular weight is 1510 g/mol. The molecule has 0 aliphatic rings. The standard InChI is InChI=1S/C26H31N2O.2C25H29N2O.C24H27N2O/c1-16(2)18-9-13-22(28(7)15-18)23-17(3)8-11-20-21-12-10-19(14-26(4,5)6)27-25(21)29-24(20)23;1-15(2)17-9-12-20(27(7)14-17)22-16(3)8-10-18-19-11-13-21(25(4,5)6)26-24(19)28-23(18)22;1-15(2)13-19-9-11-21-20-10-7-17(5)23(24(20)28-25(21)26-19)22-12-8-18(16(3)4)14-27(22)6;1-14(2)17-8-12-21(26(6)13-17)22-16(5)7-9-18-19-10-11-20(15(3)4)25-24(19)27-23(18)22/h8-13,15-16H,14H2,1-7H3;8-15H,1-7H3;7-12,14-16H,13H2,1-6H3;7-15H,1-6H3/q4*+1/i4D3,5D3;;1D3,15D;15D. The second-order valence-corrected chi connectivity index (χ2v) is 33.5. The number of pyridine rings is 8. The smallest absolute Gasteiger partial charge is 0.227 e. The zero-order chi connectivity index (χ0) is 89.8. The molecule has 0 saturated heterocycles. The number of aromatic nitrogens is 8. The maximum atomic E-state index is 8.27. The van der Waals surface area contributed by atoms with Crippen LogP contribution in [0.4, 0.5) is 0 Å². The number of aryl methyl sites for hydroxylation is 8. The minimum absolute atomic E-state index is 0.00890. The predicted octanol–water partition coefficient (Wildman–Crippen LogP) is 24.8. The fraction of sp³-hybridized carbons (Fsp3) is 0.360. The molecule has 0 spiro atoms. The van der Waals surface area contributed by atoms with Crippen molar-refractivity contribution in [2.45, 2.75) is 200 Å². The zero-order valence-electron chi connectivity index (χ0n) is 80.6. The van der Waals surface area contributed by atoms with Crippen LogP contribution in [0.15, 0.2) is 188 Å². The summed E-state index contributed by atoms with van der Waals surface area (Å²) in [6, 6.07) is 49.6. The van der Waals surface area contributed by atoms with Gasteiger partial charge in [0.15, 0.2) is 47.1 Å². The van der Waals surface area contributed by atoms with E-state index >= 15 is 0 Å². The van der Waals surface area contributed by atoms with E-state index in [1.807, 2.05) is 71.3 Å². The number of fused-ring (bicyclic) bond motifs is 12. The van der Waals surface area contributed by atoms with Crippen LogP contribution in [0, 0.1) is 39.0 Å². The van der Waals surface area contributed by atoms with Gasteiger partial charge in [-0.1, -0.05) is 173 Å². The Balaban J connectivity index is 0.000000142. The number of hydrogen-bond acceptors (Lipinski definition) is 8. The summed E-state index contributed by atoms with van der Waals surface area (Å²) in [7, 11) is 8.25. The molecule has 0 fully saturated rings. The summed E-state index contributed by atoms with van der Waals surface area (Å²) in [6.07, 6.45) is 8.50. The lowest BCUT2D eigenvalue weighted by atomic mass is 9.90. The molecule has 0 aliphatic heterocycles. The van der Waals surface area contributed by atoms with Crippen molar-refractivity contribution in [3.8, 4) is 45.0 Å². The summed E-state index contributed by atoms with van der Waals surface area (Å²) < 4.78 is 120. The van der Waals surface area contributed by atoms with E-state index < -0.39 is 37.8 Å².